The number of hydrogen-bond donors (Lipinski definition) is 4. The third-order valence-corrected chi connectivity index (χ3v) is 3.78. The van der Waals surface area contributed by atoms with E-state index in [1.807, 2.05) is 0 Å². The van der Waals surface area contributed by atoms with E-state index in [4.69, 9.17) is 0 Å². The third-order valence-electron chi connectivity index (χ3n) is 3.78. The van der Waals surface area contributed by atoms with Crippen molar-refractivity contribution in [1.82, 2.24) is 0 Å². The number of aldehydes is 1. The van der Waals surface area contributed by atoms with Crippen molar-refractivity contribution in [3.05, 3.63) is 47.5 Å². The molecule has 0 aliphatic heterocycles. The molecule has 0 spiro atoms. The van der Waals surface area contributed by atoms with Gasteiger partial charge >= 0.3 is 0 Å². The first-order chi connectivity index (χ1) is 10.9. The number of phenolic OH excluding ortho intramolecular Hbond substituents is 4. The fourth-order valence-electron chi connectivity index (χ4n) is 2.80. The predicted molar refractivity (Wildman–Crippen MR) is 86.2 cm³/mol. The standard InChI is InChI=1S/C18H14O5/c1-9-5-10(8-19)16(14(21)6-9)12-7-15(22)17-11(18(12)23)3-2-4-13(17)20/h2-8,20-23H,1H3. The maximum Gasteiger partial charge on any atom is 0.150 e. The summed E-state index contributed by atoms with van der Waals surface area (Å²) in [5.74, 6) is -0.856. The lowest BCUT2D eigenvalue weighted by Gasteiger charge is -2.14. The summed E-state index contributed by atoms with van der Waals surface area (Å²) >= 11 is 0. The summed E-state index contributed by atoms with van der Waals surface area (Å²) in [5.41, 5.74) is 1.12. The largest absolute Gasteiger partial charge is 0.507 e. The lowest BCUT2D eigenvalue weighted by atomic mass is 9.93. The Labute approximate surface area is 131 Å². The molecule has 3 aromatic carbocycles. The Balaban J connectivity index is 2.44. The van der Waals surface area contributed by atoms with Gasteiger partial charge in [0.2, 0.25) is 0 Å². The normalized spacial score (nSPS) is 10.8. The van der Waals surface area contributed by atoms with E-state index in [1.54, 1.807) is 13.0 Å². The highest BCUT2D eigenvalue weighted by molar-refractivity contribution is 6.04. The van der Waals surface area contributed by atoms with E-state index in [0.717, 1.165) is 0 Å². The van der Waals surface area contributed by atoms with E-state index in [0.29, 0.717) is 11.8 Å². The molecule has 0 heterocycles. The second-order valence-corrected chi connectivity index (χ2v) is 5.36. The first-order valence-electron chi connectivity index (χ1n) is 6.89. The molecule has 0 radical (unpaired) electrons. The molecule has 5 heteroatoms. The summed E-state index contributed by atoms with van der Waals surface area (Å²) in [7, 11) is 0. The highest BCUT2D eigenvalue weighted by Crippen LogP contribution is 2.46. The van der Waals surface area contributed by atoms with Crippen molar-refractivity contribution < 1.29 is 25.2 Å². The summed E-state index contributed by atoms with van der Waals surface area (Å²) in [6.45, 7) is 1.73. The van der Waals surface area contributed by atoms with Gasteiger partial charge in [-0.25, -0.2) is 0 Å². The van der Waals surface area contributed by atoms with Crippen LogP contribution in [0.4, 0.5) is 0 Å². The van der Waals surface area contributed by atoms with Crippen LogP contribution in [0, 0.1) is 6.92 Å². The molecule has 4 N–H and O–H groups in total. The van der Waals surface area contributed by atoms with Crippen molar-refractivity contribution in [2.24, 2.45) is 0 Å². The number of aromatic hydroxyl groups is 4. The van der Waals surface area contributed by atoms with Gasteiger partial charge in [-0.05, 0) is 36.8 Å². The minimum Gasteiger partial charge on any atom is -0.507 e. The van der Waals surface area contributed by atoms with Crippen LogP contribution in [0.2, 0.25) is 0 Å². The number of rotatable bonds is 2. The van der Waals surface area contributed by atoms with E-state index in [9.17, 15) is 25.2 Å². The number of aryl methyl sites for hydroxylation is 1. The molecular weight excluding hydrogens is 296 g/mol. The second-order valence-electron chi connectivity index (χ2n) is 5.36. The first-order valence-corrected chi connectivity index (χ1v) is 6.89. The van der Waals surface area contributed by atoms with Gasteiger partial charge in [0.15, 0.2) is 6.29 Å². The highest BCUT2D eigenvalue weighted by atomic mass is 16.3. The van der Waals surface area contributed by atoms with Crippen LogP contribution in [-0.2, 0) is 0 Å². The molecule has 3 rings (SSSR count). The van der Waals surface area contributed by atoms with E-state index >= 15 is 0 Å². The van der Waals surface area contributed by atoms with Gasteiger partial charge in [0.05, 0.1) is 5.39 Å². The van der Waals surface area contributed by atoms with Crippen molar-refractivity contribution >= 4 is 17.1 Å². The highest BCUT2D eigenvalue weighted by Gasteiger charge is 2.20. The molecule has 0 aromatic heterocycles. The molecule has 0 aliphatic rings. The third kappa shape index (κ3) is 2.23. The van der Waals surface area contributed by atoms with Crippen molar-refractivity contribution in [2.75, 3.05) is 0 Å². The van der Waals surface area contributed by atoms with E-state index in [1.165, 1.54) is 30.3 Å². The molecule has 0 unspecified atom stereocenters. The quantitative estimate of drug-likeness (QED) is 0.429. The molecule has 116 valence electrons. The summed E-state index contributed by atoms with van der Waals surface area (Å²) < 4.78 is 0. The fourth-order valence-corrected chi connectivity index (χ4v) is 2.80. The van der Waals surface area contributed by atoms with Gasteiger partial charge in [-0.1, -0.05) is 12.1 Å². The molecule has 0 aliphatic carbocycles. The Bertz CT molecular complexity index is 944. The van der Waals surface area contributed by atoms with Crippen LogP contribution in [0.1, 0.15) is 15.9 Å². The summed E-state index contributed by atoms with van der Waals surface area (Å²) in [4.78, 5) is 11.3. The Morgan fingerprint density at radius 2 is 1.65 bits per heavy atom. The Morgan fingerprint density at radius 3 is 2.35 bits per heavy atom. The number of phenols is 4. The second kappa shape index (κ2) is 5.21. The molecule has 3 aromatic rings. The summed E-state index contributed by atoms with van der Waals surface area (Å²) in [6.07, 6.45) is 0.575. The number of benzene rings is 3. The molecule has 5 nitrogen and oxygen atoms in total. The first kappa shape index (κ1) is 14.7. The Morgan fingerprint density at radius 1 is 0.913 bits per heavy atom. The van der Waals surface area contributed by atoms with Crippen LogP contribution in [0.5, 0.6) is 23.0 Å². The smallest absolute Gasteiger partial charge is 0.150 e. The maximum atomic E-state index is 11.3. The zero-order valence-corrected chi connectivity index (χ0v) is 12.2. The van der Waals surface area contributed by atoms with Crippen LogP contribution >= 0.6 is 0 Å². The summed E-state index contributed by atoms with van der Waals surface area (Å²) in [5, 5.41) is 41.1. The number of carbonyl (C=O) groups excluding carboxylic acids is 1. The number of hydrogen-bond acceptors (Lipinski definition) is 5. The van der Waals surface area contributed by atoms with Gasteiger partial charge in [0.25, 0.3) is 0 Å². The van der Waals surface area contributed by atoms with Gasteiger partial charge in [-0.3, -0.25) is 4.79 Å². The predicted octanol–water partition coefficient (Wildman–Crippen LogP) is 3.45. The maximum absolute atomic E-state index is 11.3. The number of fused-ring (bicyclic) bond motifs is 1. The molecule has 0 atom stereocenters. The minimum absolute atomic E-state index is 0.105. The fraction of sp³-hybridized carbons (Fsp3) is 0.0556. The van der Waals surface area contributed by atoms with Crippen molar-refractivity contribution in [2.45, 2.75) is 6.92 Å². The molecule has 0 amide bonds. The van der Waals surface area contributed by atoms with Gasteiger partial charge in [0, 0.05) is 22.1 Å². The van der Waals surface area contributed by atoms with E-state index < -0.39 is 0 Å². The Kier molecular flexibility index (Phi) is 3.33. The lowest BCUT2D eigenvalue weighted by molar-refractivity contribution is 0.112. The van der Waals surface area contributed by atoms with Crippen LogP contribution < -0.4 is 0 Å². The monoisotopic (exact) mass is 310 g/mol. The van der Waals surface area contributed by atoms with Crippen LogP contribution in [-0.4, -0.2) is 26.7 Å². The lowest BCUT2D eigenvalue weighted by Crippen LogP contribution is -1.92. The topological polar surface area (TPSA) is 98.0 Å². The number of carbonyl (C=O) groups is 1. The Hall–Kier alpha value is -3.21. The van der Waals surface area contributed by atoms with Crippen molar-refractivity contribution in [3.8, 4) is 34.1 Å². The van der Waals surface area contributed by atoms with Crippen LogP contribution in [0.3, 0.4) is 0 Å². The molecule has 0 bridgehead atoms. The van der Waals surface area contributed by atoms with Crippen molar-refractivity contribution in [1.29, 1.82) is 0 Å². The molecule has 23 heavy (non-hydrogen) atoms. The van der Waals surface area contributed by atoms with Gasteiger partial charge in [-0.2, -0.15) is 0 Å². The average Bonchev–Trinajstić information content (AvgIpc) is 2.50. The SMILES string of the molecule is Cc1cc(O)c(-c2cc(O)c3c(O)cccc3c2O)c(C=O)c1. The van der Waals surface area contributed by atoms with Crippen LogP contribution in [0.25, 0.3) is 21.9 Å². The van der Waals surface area contributed by atoms with Crippen LogP contribution in [0.15, 0.2) is 36.4 Å². The summed E-state index contributed by atoms with van der Waals surface area (Å²) in [6, 6.07) is 8.70. The molecule has 0 saturated heterocycles. The molecular formula is C18H14O5. The molecule has 0 fully saturated rings. The van der Waals surface area contributed by atoms with E-state index in [2.05, 4.69) is 0 Å². The molecule has 0 saturated carbocycles. The van der Waals surface area contributed by atoms with E-state index in [-0.39, 0.29) is 50.5 Å². The van der Waals surface area contributed by atoms with Gasteiger partial charge < -0.3 is 20.4 Å². The van der Waals surface area contributed by atoms with Gasteiger partial charge in [-0.15, -0.1) is 0 Å². The zero-order valence-electron chi connectivity index (χ0n) is 12.2. The minimum atomic E-state index is -0.261. The average molecular weight is 310 g/mol. The van der Waals surface area contributed by atoms with Crippen molar-refractivity contribution in [3.63, 3.8) is 0 Å². The zero-order chi connectivity index (χ0) is 16.7. The van der Waals surface area contributed by atoms with Gasteiger partial charge in [0.1, 0.15) is 23.0 Å².